The molecule has 13 heteroatoms. The molecule has 0 atom stereocenters. The molecule has 0 bridgehead atoms. The molecule has 1 aliphatic heterocycles. The third kappa shape index (κ3) is 4.52. The smallest absolute Gasteiger partial charge is 0.402 e. The van der Waals surface area contributed by atoms with Gasteiger partial charge >= 0.3 is 6.11 Å². The fourth-order valence-electron chi connectivity index (χ4n) is 3.76. The summed E-state index contributed by atoms with van der Waals surface area (Å²) in [5, 5.41) is 13.4. The van der Waals surface area contributed by atoms with Gasteiger partial charge in [-0.2, -0.15) is 8.78 Å². The number of amides is 2. The molecule has 2 aromatic heterocycles. The molecule has 0 saturated carbocycles. The number of nitrogens with one attached hydrogen (secondary N) is 2. The second-order valence-electron chi connectivity index (χ2n) is 7.80. The number of rotatable bonds is 5. The van der Waals surface area contributed by atoms with Gasteiger partial charge in [-0.1, -0.05) is 17.7 Å². The van der Waals surface area contributed by atoms with Gasteiger partial charge in [0.25, 0.3) is 11.8 Å². The van der Waals surface area contributed by atoms with E-state index in [2.05, 4.69) is 30.6 Å². The monoisotopic (exact) mass is 531 g/mol. The molecule has 0 aliphatic carbocycles. The van der Waals surface area contributed by atoms with Crippen LogP contribution in [0, 0.1) is 6.92 Å². The summed E-state index contributed by atoms with van der Waals surface area (Å²) >= 11 is 7.28. The number of benzene rings is 2. The molecule has 184 valence electrons. The topological polar surface area (TPSA) is 115 Å². The van der Waals surface area contributed by atoms with E-state index >= 15 is 0 Å². The minimum absolute atomic E-state index is 0.0303. The average molecular weight is 532 g/mol. The second kappa shape index (κ2) is 8.95. The standard InChI is InChI=1S/C23H16ClF2N5O4S/c1-10-27-14-5-6-15(34-2)18(19(14)36-10)22(33)29-20-13(8-17(24)30-31-20)21(32)28-12-4-3-11-9-23(25,26)35-16(11)7-12/h3-8H,9H2,1-2H3,(H,28,32)(H,29,31,33). The fraction of sp³-hybridized carbons (Fsp3) is 0.174. The number of aromatic nitrogens is 3. The van der Waals surface area contributed by atoms with Gasteiger partial charge in [0.05, 0.1) is 34.3 Å². The molecule has 0 unspecified atom stereocenters. The largest absolute Gasteiger partial charge is 0.496 e. The van der Waals surface area contributed by atoms with E-state index in [4.69, 9.17) is 16.3 Å². The lowest BCUT2D eigenvalue weighted by molar-refractivity contribution is -0.159. The van der Waals surface area contributed by atoms with E-state index in [0.29, 0.717) is 21.5 Å². The first kappa shape index (κ1) is 23.8. The molecule has 2 aromatic carbocycles. The Morgan fingerprint density at radius 2 is 1.94 bits per heavy atom. The van der Waals surface area contributed by atoms with Crippen molar-refractivity contribution in [3.63, 3.8) is 0 Å². The van der Waals surface area contributed by atoms with E-state index < -0.39 is 24.3 Å². The van der Waals surface area contributed by atoms with Crippen molar-refractivity contribution in [1.82, 2.24) is 15.2 Å². The van der Waals surface area contributed by atoms with Crippen LogP contribution in [0.5, 0.6) is 11.5 Å². The van der Waals surface area contributed by atoms with Gasteiger partial charge in [0.2, 0.25) is 0 Å². The lowest BCUT2D eigenvalue weighted by Crippen LogP contribution is -2.21. The molecule has 0 saturated heterocycles. The van der Waals surface area contributed by atoms with E-state index in [9.17, 15) is 18.4 Å². The van der Waals surface area contributed by atoms with Gasteiger partial charge in [-0.3, -0.25) is 9.59 Å². The first-order valence-electron chi connectivity index (χ1n) is 10.4. The molecule has 4 aromatic rings. The van der Waals surface area contributed by atoms with E-state index in [1.807, 2.05) is 6.92 Å². The van der Waals surface area contributed by atoms with Crippen LogP contribution in [0.15, 0.2) is 36.4 Å². The molecule has 5 rings (SSSR count). The molecule has 36 heavy (non-hydrogen) atoms. The van der Waals surface area contributed by atoms with E-state index in [1.165, 1.54) is 42.7 Å². The minimum atomic E-state index is -3.30. The number of hydrogen-bond donors (Lipinski definition) is 2. The Balaban J connectivity index is 1.44. The number of carbonyl (C=O) groups excluding carboxylic acids is 2. The Kier molecular flexibility index (Phi) is 5.92. The zero-order valence-electron chi connectivity index (χ0n) is 18.7. The van der Waals surface area contributed by atoms with Crippen molar-refractivity contribution in [2.75, 3.05) is 17.7 Å². The first-order chi connectivity index (χ1) is 17.1. The number of alkyl halides is 2. The summed E-state index contributed by atoms with van der Waals surface area (Å²) < 4.78 is 37.6. The maximum absolute atomic E-state index is 13.5. The SMILES string of the molecule is COc1ccc2nc(C)sc2c1C(=O)Nc1nnc(Cl)cc1C(=O)Nc1ccc2c(c1)OC(F)(F)C2. The van der Waals surface area contributed by atoms with E-state index in [0.717, 1.165) is 5.01 Å². The number of halogens is 3. The highest BCUT2D eigenvalue weighted by Gasteiger charge is 2.39. The van der Waals surface area contributed by atoms with Gasteiger partial charge in [0, 0.05) is 17.3 Å². The maximum atomic E-state index is 13.5. The van der Waals surface area contributed by atoms with Crippen LogP contribution < -0.4 is 20.1 Å². The van der Waals surface area contributed by atoms with Crippen LogP contribution in [0.1, 0.15) is 31.3 Å². The normalized spacial score (nSPS) is 13.7. The number of hydrogen-bond acceptors (Lipinski definition) is 8. The summed E-state index contributed by atoms with van der Waals surface area (Å²) in [4.78, 5) is 30.7. The maximum Gasteiger partial charge on any atom is 0.402 e. The van der Waals surface area contributed by atoms with Crippen LogP contribution in [0.2, 0.25) is 5.15 Å². The Bertz CT molecular complexity index is 1540. The predicted molar refractivity (Wildman–Crippen MR) is 130 cm³/mol. The molecule has 0 spiro atoms. The van der Waals surface area contributed by atoms with Gasteiger partial charge in [0.1, 0.15) is 17.1 Å². The number of fused-ring (bicyclic) bond motifs is 2. The van der Waals surface area contributed by atoms with Gasteiger partial charge in [0.15, 0.2) is 11.0 Å². The van der Waals surface area contributed by atoms with E-state index in [-0.39, 0.29) is 33.5 Å². The highest BCUT2D eigenvalue weighted by atomic mass is 35.5. The molecule has 2 amide bonds. The predicted octanol–water partition coefficient (Wildman–Crippen LogP) is 5.09. The molecular weight excluding hydrogens is 516 g/mol. The molecule has 0 radical (unpaired) electrons. The molecule has 9 nitrogen and oxygen atoms in total. The summed E-state index contributed by atoms with van der Waals surface area (Å²) in [5.74, 6) is -1.18. The molecule has 2 N–H and O–H groups in total. The number of carbonyl (C=O) groups is 2. The Hall–Kier alpha value is -3.90. The lowest BCUT2D eigenvalue weighted by Gasteiger charge is -2.13. The Morgan fingerprint density at radius 3 is 2.72 bits per heavy atom. The number of ether oxygens (including phenoxy) is 2. The Labute approximate surface area is 211 Å². The number of thiazole rings is 1. The lowest BCUT2D eigenvalue weighted by atomic mass is 10.1. The summed E-state index contributed by atoms with van der Waals surface area (Å²) in [6.07, 6.45) is -3.85. The third-order valence-electron chi connectivity index (χ3n) is 5.29. The molecular formula is C23H16ClF2N5O4S. The molecule has 3 heterocycles. The fourth-order valence-corrected chi connectivity index (χ4v) is 4.86. The zero-order chi connectivity index (χ0) is 25.6. The van der Waals surface area contributed by atoms with Crippen molar-refractivity contribution >= 4 is 56.5 Å². The van der Waals surface area contributed by atoms with Crippen LogP contribution in [0.25, 0.3) is 10.2 Å². The molecule has 1 aliphatic rings. The zero-order valence-corrected chi connectivity index (χ0v) is 20.3. The summed E-state index contributed by atoms with van der Waals surface area (Å²) in [5.41, 5.74) is 1.27. The summed E-state index contributed by atoms with van der Waals surface area (Å²) in [6, 6.07) is 8.79. The highest BCUT2D eigenvalue weighted by molar-refractivity contribution is 7.19. The van der Waals surface area contributed by atoms with Gasteiger partial charge in [-0.05, 0) is 31.2 Å². The number of nitrogens with zero attached hydrogens (tertiary/aromatic N) is 3. The van der Waals surface area contributed by atoms with Crippen LogP contribution in [-0.2, 0) is 6.42 Å². The highest BCUT2D eigenvalue weighted by Crippen LogP contribution is 2.39. The van der Waals surface area contributed by atoms with Crippen molar-refractivity contribution in [3.05, 3.63) is 63.2 Å². The quantitative estimate of drug-likeness (QED) is 0.368. The third-order valence-corrected chi connectivity index (χ3v) is 6.48. The number of anilines is 2. The van der Waals surface area contributed by atoms with Gasteiger partial charge in [-0.25, -0.2) is 4.98 Å². The van der Waals surface area contributed by atoms with Crippen molar-refractivity contribution in [1.29, 1.82) is 0 Å². The number of methoxy groups -OCH3 is 1. The van der Waals surface area contributed by atoms with Crippen molar-refractivity contribution in [2.45, 2.75) is 19.5 Å². The number of aryl methyl sites for hydroxylation is 1. The Morgan fingerprint density at radius 1 is 1.14 bits per heavy atom. The van der Waals surface area contributed by atoms with Crippen molar-refractivity contribution < 1.29 is 27.8 Å². The average Bonchev–Trinajstić information content (AvgIpc) is 3.35. The second-order valence-corrected chi connectivity index (χ2v) is 9.39. The van der Waals surface area contributed by atoms with Crippen LogP contribution in [0.3, 0.4) is 0 Å². The molecule has 0 fully saturated rings. The van der Waals surface area contributed by atoms with Crippen LogP contribution >= 0.6 is 22.9 Å². The van der Waals surface area contributed by atoms with Gasteiger partial charge < -0.3 is 20.1 Å². The van der Waals surface area contributed by atoms with Crippen molar-refractivity contribution in [3.8, 4) is 11.5 Å². The van der Waals surface area contributed by atoms with Gasteiger partial charge in [-0.15, -0.1) is 21.5 Å². The van der Waals surface area contributed by atoms with Crippen LogP contribution in [0.4, 0.5) is 20.3 Å². The van der Waals surface area contributed by atoms with E-state index in [1.54, 1.807) is 12.1 Å². The van der Waals surface area contributed by atoms with Crippen LogP contribution in [-0.4, -0.2) is 40.2 Å². The summed E-state index contributed by atoms with van der Waals surface area (Å²) in [7, 11) is 1.43. The minimum Gasteiger partial charge on any atom is -0.496 e. The van der Waals surface area contributed by atoms with Crippen molar-refractivity contribution in [2.24, 2.45) is 0 Å². The summed E-state index contributed by atoms with van der Waals surface area (Å²) in [6.45, 7) is 1.82. The first-order valence-corrected chi connectivity index (χ1v) is 11.6.